The number of amides is 1. The standard InChI is InChI=1S/C30H20F6N6O/c31-29(32,33)23-11-21(12-24(13-23)30(34,35)36)16-41(28(43)26-10-9-22-3-1-2-4-25(22)39-26)17-27-40-38-18-42(27)15-20-7-5-19(14-37)6-8-20/h1-13,18H,15-17H2. The van der Waals surface area contributed by atoms with Gasteiger partial charge in [-0.3, -0.25) is 4.79 Å². The van der Waals surface area contributed by atoms with Gasteiger partial charge in [0.25, 0.3) is 5.91 Å². The monoisotopic (exact) mass is 594 g/mol. The molecule has 0 N–H and O–H groups in total. The molecule has 3 aromatic carbocycles. The molecule has 0 unspecified atom stereocenters. The van der Waals surface area contributed by atoms with Gasteiger partial charge >= 0.3 is 12.4 Å². The Morgan fingerprint density at radius 2 is 1.51 bits per heavy atom. The van der Waals surface area contributed by atoms with Crippen molar-refractivity contribution < 1.29 is 31.1 Å². The zero-order valence-corrected chi connectivity index (χ0v) is 22.1. The largest absolute Gasteiger partial charge is 0.416 e. The Balaban J connectivity index is 1.53. The second kappa shape index (κ2) is 11.6. The smallest absolute Gasteiger partial charge is 0.325 e. The molecule has 43 heavy (non-hydrogen) atoms. The van der Waals surface area contributed by atoms with Gasteiger partial charge in [0.1, 0.15) is 12.0 Å². The van der Waals surface area contributed by atoms with Gasteiger partial charge in [-0.05, 0) is 53.6 Å². The Hall–Kier alpha value is -5.25. The molecule has 0 bridgehead atoms. The number of nitrogens with zero attached hydrogens (tertiary/aromatic N) is 6. The van der Waals surface area contributed by atoms with Crippen LogP contribution in [0.3, 0.4) is 0 Å². The second-order valence-corrected chi connectivity index (χ2v) is 9.65. The zero-order valence-electron chi connectivity index (χ0n) is 22.1. The number of hydrogen-bond acceptors (Lipinski definition) is 5. The minimum absolute atomic E-state index is 0.0365. The van der Waals surface area contributed by atoms with Crippen molar-refractivity contribution in [3.8, 4) is 6.07 Å². The molecule has 5 rings (SSSR count). The molecule has 218 valence electrons. The predicted molar refractivity (Wildman–Crippen MR) is 142 cm³/mol. The summed E-state index contributed by atoms with van der Waals surface area (Å²) in [4.78, 5) is 19.2. The summed E-state index contributed by atoms with van der Waals surface area (Å²) in [6, 6.07) is 19.9. The maximum absolute atomic E-state index is 13.8. The minimum Gasteiger partial charge on any atom is -0.325 e. The van der Waals surface area contributed by atoms with Gasteiger partial charge in [0.05, 0.1) is 41.4 Å². The van der Waals surface area contributed by atoms with Crippen molar-refractivity contribution in [2.75, 3.05) is 0 Å². The van der Waals surface area contributed by atoms with Crippen molar-refractivity contribution in [3.05, 3.63) is 125 Å². The molecule has 0 aliphatic rings. The maximum Gasteiger partial charge on any atom is 0.416 e. The van der Waals surface area contributed by atoms with Crippen LogP contribution < -0.4 is 0 Å². The molecular weight excluding hydrogens is 574 g/mol. The fourth-order valence-corrected chi connectivity index (χ4v) is 4.46. The predicted octanol–water partition coefficient (Wildman–Crippen LogP) is 6.63. The Bertz CT molecular complexity index is 1790. The van der Waals surface area contributed by atoms with Gasteiger partial charge in [-0.15, -0.1) is 10.2 Å². The van der Waals surface area contributed by atoms with Gasteiger partial charge in [0, 0.05) is 11.9 Å². The van der Waals surface area contributed by atoms with Gasteiger partial charge in [-0.1, -0.05) is 36.4 Å². The van der Waals surface area contributed by atoms with E-state index in [9.17, 15) is 31.1 Å². The Morgan fingerprint density at radius 3 is 2.16 bits per heavy atom. The number of benzene rings is 3. The average molecular weight is 595 g/mol. The van der Waals surface area contributed by atoms with Gasteiger partial charge in [-0.2, -0.15) is 31.6 Å². The first-order chi connectivity index (χ1) is 20.4. The summed E-state index contributed by atoms with van der Waals surface area (Å²) in [5.41, 5.74) is -1.71. The lowest BCUT2D eigenvalue weighted by Crippen LogP contribution is -2.32. The maximum atomic E-state index is 13.8. The number of hydrogen-bond donors (Lipinski definition) is 0. The molecule has 5 aromatic rings. The molecule has 7 nitrogen and oxygen atoms in total. The molecule has 2 heterocycles. The van der Waals surface area contributed by atoms with Gasteiger partial charge in [-0.25, -0.2) is 4.98 Å². The molecule has 2 aromatic heterocycles. The molecule has 0 saturated heterocycles. The first-order valence-electron chi connectivity index (χ1n) is 12.7. The summed E-state index contributed by atoms with van der Waals surface area (Å²) >= 11 is 0. The van der Waals surface area contributed by atoms with E-state index in [-0.39, 0.29) is 36.2 Å². The molecule has 13 heteroatoms. The molecule has 0 aliphatic heterocycles. The summed E-state index contributed by atoms with van der Waals surface area (Å²) in [7, 11) is 0. The van der Waals surface area contributed by atoms with Crippen molar-refractivity contribution in [1.29, 1.82) is 5.26 Å². The van der Waals surface area contributed by atoms with Crippen LogP contribution in [0.1, 0.15) is 44.1 Å². The number of alkyl halides is 6. The third-order valence-corrected chi connectivity index (χ3v) is 6.59. The van der Waals surface area contributed by atoms with Gasteiger partial charge in [0.2, 0.25) is 0 Å². The van der Waals surface area contributed by atoms with Crippen LogP contribution in [0.15, 0.2) is 85.2 Å². The number of pyridine rings is 1. The number of para-hydroxylation sites is 1. The Labute approximate surface area is 240 Å². The number of carbonyl (C=O) groups excluding carboxylic acids is 1. The highest BCUT2D eigenvalue weighted by Gasteiger charge is 2.37. The molecule has 0 saturated carbocycles. The number of fused-ring (bicyclic) bond motifs is 1. The molecule has 0 aliphatic carbocycles. The second-order valence-electron chi connectivity index (χ2n) is 9.65. The normalized spacial score (nSPS) is 11.8. The van der Waals surface area contributed by atoms with E-state index in [1.54, 1.807) is 59.2 Å². The summed E-state index contributed by atoms with van der Waals surface area (Å²) in [5, 5.41) is 17.7. The highest BCUT2D eigenvalue weighted by Crippen LogP contribution is 2.36. The van der Waals surface area contributed by atoms with E-state index in [0.29, 0.717) is 23.2 Å². The van der Waals surface area contributed by atoms with Crippen LogP contribution in [0.25, 0.3) is 10.9 Å². The Kier molecular flexibility index (Phi) is 7.86. The van der Waals surface area contributed by atoms with Gasteiger partial charge in [0.15, 0.2) is 5.82 Å². The highest BCUT2D eigenvalue weighted by molar-refractivity contribution is 5.94. The average Bonchev–Trinajstić information content (AvgIpc) is 3.41. The number of nitriles is 1. The van der Waals surface area contributed by atoms with E-state index < -0.39 is 35.9 Å². The number of aromatic nitrogens is 4. The first-order valence-corrected chi connectivity index (χ1v) is 12.7. The lowest BCUT2D eigenvalue weighted by Gasteiger charge is -2.24. The Morgan fingerprint density at radius 1 is 0.837 bits per heavy atom. The molecule has 0 atom stereocenters. The van der Waals surface area contributed by atoms with Crippen LogP contribution in [-0.2, 0) is 32.0 Å². The molecule has 0 spiro atoms. The minimum atomic E-state index is -5.05. The van der Waals surface area contributed by atoms with Crippen molar-refractivity contribution in [3.63, 3.8) is 0 Å². The highest BCUT2D eigenvalue weighted by atomic mass is 19.4. The summed E-state index contributed by atoms with van der Waals surface area (Å²) in [5.74, 6) is -0.508. The van der Waals surface area contributed by atoms with E-state index in [2.05, 4.69) is 15.2 Å². The quantitative estimate of drug-likeness (QED) is 0.198. The summed E-state index contributed by atoms with van der Waals surface area (Å²) in [6.07, 6.45) is -8.71. The van der Waals surface area contributed by atoms with Crippen molar-refractivity contribution in [1.82, 2.24) is 24.6 Å². The van der Waals surface area contributed by atoms with Crippen LogP contribution in [-0.4, -0.2) is 30.6 Å². The molecule has 0 fully saturated rings. The molecular formula is C30H20F6N6O. The summed E-state index contributed by atoms with van der Waals surface area (Å²) < 4.78 is 83.0. The third kappa shape index (κ3) is 6.81. The van der Waals surface area contributed by atoms with E-state index in [1.807, 2.05) is 6.07 Å². The fraction of sp³-hybridized carbons (Fsp3) is 0.167. The lowest BCUT2D eigenvalue weighted by atomic mass is 10.0. The SMILES string of the molecule is N#Cc1ccc(Cn2cnnc2CN(Cc2cc(C(F)(F)F)cc(C(F)(F)F)c2)C(=O)c2ccc3ccccc3n2)cc1. The molecule has 0 radical (unpaired) electrons. The van der Waals surface area contributed by atoms with Crippen molar-refractivity contribution in [2.45, 2.75) is 32.0 Å². The fourth-order valence-electron chi connectivity index (χ4n) is 4.46. The topological polar surface area (TPSA) is 87.7 Å². The van der Waals surface area contributed by atoms with Crippen LogP contribution in [0.4, 0.5) is 26.3 Å². The van der Waals surface area contributed by atoms with Crippen molar-refractivity contribution in [2.24, 2.45) is 0 Å². The third-order valence-electron chi connectivity index (χ3n) is 6.59. The number of halogens is 6. The van der Waals surface area contributed by atoms with Crippen LogP contribution in [0.5, 0.6) is 0 Å². The van der Waals surface area contributed by atoms with E-state index in [1.165, 1.54) is 12.4 Å². The number of rotatable bonds is 7. The van der Waals surface area contributed by atoms with Crippen LogP contribution in [0, 0.1) is 11.3 Å². The van der Waals surface area contributed by atoms with Crippen LogP contribution >= 0.6 is 0 Å². The molecule has 1 amide bonds. The van der Waals surface area contributed by atoms with Crippen LogP contribution in [0.2, 0.25) is 0 Å². The lowest BCUT2D eigenvalue weighted by molar-refractivity contribution is -0.143. The summed E-state index contributed by atoms with van der Waals surface area (Å²) in [6.45, 7) is -0.683. The van der Waals surface area contributed by atoms with Crippen molar-refractivity contribution >= 4 is 16.8 Å². The van der Waals surface area contributed by atoms with E-state index in [0.717, 1.165) is 15.8 Å². The van der Waals surface area contributed by atoms with E-state index in [4.69, 9.17) is 5.26 Å². The zero-order chi connectivity index (χ0) is 30.8. The first kappa shape index (κ1) is 29.2. The number of carbonyl (C=O) groups is 1. The van der Waals surface area contributed by atoms with Gasteiger partial charge < -0.3 is 9.47 Å². The van der Waals surface area contributed by atoms with E-state index >= 15 is 0 Å².